The first-order chi connectivity index (χ1) is 19.0. The molecule has 3 amide bonds. The molecule has 200 valence electrons. The molecule has 5 rings (SSSR count). The number of furan rings is 1. The first-order valence-corrected chi connectivity index (χ1v) is 13.4. The second-order valence-electron chi connectivity index (χ2n) is 8.86. The standard InChI is InChI=1S/C28H27N5O5S/c1-37-19-10-8-18(9-11-19)15-29-24(34)13-12-23-27(36)33-26(31-23)21-6-2-3-7-22(21)32-28(33)39-17-25(35)30-16-20-5-4-14-38-20/h2-11,14,23H,12-13,15-17H2,1H3,(H,29,34)(H,30,35)/t23-/m1/s1. The highest BCUT2D eigenvalue weighted by molar-refractivity contribution is 8.14. The summed E-state index contributed by atoms with van der Waals surface area (Å²) in [6.45, 7) is 0.657. The Labute approximate surface area is 229 Å². The molecule has 0 spiro atoms. The predicted octanol–water partition coefficient (Wildman–Crippen LogP) is 3.39. The molecule has 0 bridgehead atoms. The topological polar surface area (TPSA) is 126 Å². The first-order valence-electron chi connectivity index (χ1n) is 12.4. The molecule has 3 aromatic rings. The molecule has 0 saturated carbocycles. The van der Waals surface area contributed by atoms with Gasteiger partial charge in [0, 0.05) is 18.5 Å². The monoisotopic (exact) mass is 545 g/mol. The van der Waals surface area contributed by atoms with Crippen LogP contribution in [0, 0.1) is 0 Å². The second-order valence-corrected chi connectivity index (χ2v) is 9.80. The number of thioether (sulfide) groups is 1. The Hall–Kier alpha value is -4.38. The maximum Gasteiger partial charge on any atom is 0.259 e. The van der Waals surface area contributed by atoms with Crippen LogP contribution in [0.5, 0.6) is 5.75 Å². The van der Waals surface area contributed by atoms with E-state index in [1.165, 1.54) is 4.90 Å². The number of hydrogen-bond acceptors (Lipinski definition) is 8. The van der Waals surface area contributed by atoms with E-state index >= 15 is 0 Å². The van der Waals surface area contributed by atoms with Crippen molar-refractivity contribution in [1.82, 2.24) is 15.5 Å². The molecule has 2 aliphatic rings. The Bertz CT molecular complexity index is 1420. The van der Waals surface area contributed by atoms with Gasteiger partial charge in [0.15, 0.2) is 5.17 Å². The SMILES string of the molecule is COc1ccc(CNC(=O)CC[C@H]2N=C3c4ccccc4N=C(SCC(=O)NCc4ccco4)N3C2=O)cc1. The van der Waals surface area contributed by atoms with Crippen LogP contribution in [0.25, 0.3) is 0 Å². The summed E-state index contributed by atoms with van der Waals surface area (Å²) in [7, 11) is 1.60. The van der Waals surface area contributed by atoms with E-state index in [1.807, 2.05) is 48.5 Å². The average molecular weight is 546 g/mol. The summed E-state index contributed by atoms with van der Waals surface area (Å²) in [5, 5.41) is 6.06. The minimum Gasteiger partial charge on any atom is -0.497 e. The Morgan fingerprint density at radius 2 is 1.82 bits per heavy atom. The minimum absolute atomic E-state index is 0.0667. The number of nitrogens with zero attached hydrogens (tertiary/aromatic N) is 3. The molecular formula is C28H27N5O5S. The third-order valence-electron chi connectivity index (χ3n) is 6.21. The van der Waals surface area contributed by atoms with Crippen molar-refractivity contribution in [2.75, 3.05) is 12.9 Å². The molecule has 2 aromatic carbocycles. The molecule has 0 unspecified atom stereocenters. The van der Waals surface area contributed by atoms with Crippen LogP contribution in [-0.2, 0) is 27.5 Å². The van der Waals surface area contributed by atoms with E-state index in [2.05, 4.69) is 20.6 Å². The zero-order valence-corrected chi connectivity index (χ0v) is 22.1. The first kappa shape index (κ1) is 26.2. The van der Waals surface area contributed by atoms with Crippen LogP contribution >= 0.6 is 11.8 Å². The number of benzene rings is 2. The lowest BCUT2D eigenvalue weighted by Gasteiger charge is -2.25. The van der Waals surface area contributed by atoms with Gasteiger partial charge in [-0.1, -0.05) is 36.0 Å². The number of fused-ring (bicyclic) bond motifs is 3. The van der Waals surface area contributed by atoms with Crippen molar-refractivity contribution in [1.29, 1.82) is 0 Å². The zero-order chi connectivity index (χ0) is 27.2. The molecule has 0 fully saturated rings. The van der Waals surface area contributed by atoms with Gasteiger partial charge in [0.2, 0.25) is 11.8 Å². The number of ether oxygens (including phenoxy) is 1. The number of amides is 3. The fourth-order valence-electron chi connectivity index (χ4n) is 4.17. The van der Waals surface area contributed by atoms with Gasteiger partial charge in [-0.3, -0.25) is 19.4 Å². The summed E-state index contributed by atoms with van der Waals surface area (Å²) in [6.07, 6.45) is 1.95. The molecule has 11 heteroatoms. The third-order valence-corrected chi connectivity index (χ3v) is 7.15. The van der Waals surface area contributed by atoms with Crippen LogP contribution in [0.4, 0.5) is 5.69 Å². The highest BCUT2D eigenvalue weighted by atomic mass is 32.2. The highest BCUT2D eigenvalue weighted by Crippen LogP contribution is 2.34. The maximum absolute atomic E-state index is 13.4. The van der Waals surface area contributed by atoms with Crippen molar-refractivity contribution in [3.8, 4) is 5.75 Å². The maximum atomic E-state index is 13.4. The second kappa shape index (κ2) is 12.0. The fraction of sp³-hybridized carbons (Fsp3) is 0.250. The Kier molecular flexibility index (Phi) is 8.07. The molecule has 0 radical (unpaired) electrons. The van der Waals surface area contributed by atoms with E-state index in [0.717, 1.165) is 28.6 Å². The van der Waals surface area contributed by atoms with Crippen molar-refractivity contribution < 1.29 is 23.5 Å². The van der Waals surface area contributed by atoms with Crippen LogP contribution in [0.3, 0.4) is 0 Å². The van der Waals surface area contributed by atoms with Crippen molar-refractivity contribution in [2.24, 2.45) is 9.98 Å². The third kappa shape index (κ3) is 6.20. The van der Waals surface area contributed by atoms with Crippen molar-refractivity contribution in [2.45, 2.75) is 32.0 Å². The van der Waals surface area contributed by atoms with E-state index in [1.54, 1.807) is 25.5 Å². The van der Waals surface area contributed by atoms with E-state index in [-0.39, 0.29) is 42.9 Å². The Balaban J connectivity index is 1.20. The smallest absolute Gasteiger partial charge is 0.259 e. The predicted molar refractivity (Wildman–Crippen MR) is 148 cm³/mol. The summed E-state index contributed by atoms with van der Waals surface area (Å²) >= 11 is 1.16. The van der Waals surface area contributed by atoms with Gasteiger partial charge in [-0.2, -0.15) is 0 Å². The number of para-hydroxylation sites is 1. The fourth-order valence-corrected chi connectivity index (χ4v) is 5.00. The summed E-state index contributed by atoms with van der Waals surface area (Å²) < 4.78 is 10.4. The molecule has 10 nitrogen and oxygen atoms in total. The van der Waals surface area contributed by atoms with E-state index in [0.29, 0.717) is 29.0 Å². The number of rotatable bonds is 10. The molecule has 0 saturated heterocycles. The van der Waals surface area contributed by atoms with Gasteiger partial charge in [0.25, 0.3) is 5.91 Å². The largest absolute Gasteiger partial charge is 0.497 e. The summed E-state index contributed by atoms with van der Waals surface area (Å²) in [5.74, 6) is 1.32. The molecule has 3 heterocycles. The van der Waals surface area contributed by atoms with Crippen LogP contribution in [0.1, 0.15) is 29.7 Å². The number of carbonyl (C=O) groups excluding carboxylic acids is 3. The number of nitrogens with one attached hydrogen (secondary N) is 2. The molecule has 1 atom stereocenters. The van der Waals surface area contributed by atoms with E-state index in [4.69, 9.17) is 9.15 Å². The normalized spacial score (nSPS) is 15.7. The summed E-state index contributed by atoms with van der Waals surface area (Å²) in [5.41, 5.74) is 2.36. The lowest BCUT2D eigenvalue weighted by molar-refractivity contribution is -0.125. The number of hydrogen-bond donors (Lipinski definition) is 2. The number of amidine groups is 2. The van der Waals surface area contributed by atoms with Gasteiger partial charge < -0.3 is 19.8 Å². The van der Waals surface area contributed by atoms with Crippen LogP contribution in [0.2, 0.25) is 0 Å². The molecule has 1 aromatic heterocycles. The Morgan fingerprint density at radius 1 is 1.03 bits per heavy atom. The zero-order valence-electron chi connectivity index (χ0n) is 21.3. The Morgan fingerprint density at radius 3 is 2.59 bits per heavy atom. The highest BCUT2D eigenvalue weighted by Gasteiger charge is 2.41. The van der Waals surface area contributed by atoms with Crippen molar-refractivity contribution in [3.63, 3.8) is 0 Å². The summed E-state index contributed by atoms with van der Waals surface area (Å²) in [4.78, 5) is 49.1. The van der Waals surface area contributed by atoms with Gasteiger partial charge in [-0.25, -0.2) is 9.89 Å². The number of carbonyl (C=O) groups is 3. The van der Waals surface area contributed by atoms with E-state index in [9.17, 15) is 14.4 Å². The van der Waals surface area contributed by atoms with E-state index < -0.39 is 6.04 Å². The lowest BCUT2D eigenvalue weighted by Crippen LogP contribution is -2.41. The van der Waals surface area contributed by atoms with Crippen molar-refractivity contribution in [3.05, 3.63) is 83.8 Å². The average Bonchev–Trinajstić information content (AvgIpc) is 3.61. The van der Waals surface area contributed by atoms with Gasteiger partial charge in [0.1, 0.15) is 23.4 Å². The van der Waals surface area contributed by atoms with Gasteiger partial charge >= 0.3 is 0 Å². The minimum atomic E-state index is -0.712. The van der Waals surface area contributed by atoms with Gasteiger partial charge in [-0.15, -0.1) is 0 Å². The van der Waals surface area contributed by atoms with Crippen molar-refractivity contribution >= 4 is 46.2 Å². The quantitative estimate of drug-likeness (QED) is 0.402. The lowest BCUT2D eigenvalue weighted by atomic mass is 10.1. The molecule has 39 heavy (non-hydrogen) atoms. The molecular weight excluding hydrogens is 518 g/mol. The molecule has 2 N–H and O–H groups in total. The van der Waals surface area contributed by atoms with Gasteiger partial charge in [-0.05, 0) is 48.4 Å². The number of aliphatic imine (C=N–C) groups is 2. The van der Waals surface area contributed by atoms with Gasteiger partial charge in [0.05, 0.1) is 31.4 Å². The molecule has 0 aliphatic carbocycles. The summed E-state index contributed by atoms with van der Waals surface area (Å²) in [6, 6.07) is 17.7. The van der Waals surface area contributed by atoms with Crippen LogP contribution < -0.4 is 15.4 Å². The van der Waals surface area contributed by atoms with Crippen LogP contribution in [0.15, 0.2) is 81.3 Å². The number of methoxy groups -OCH3 is 1. The van der Waals surface area contributed by atoms with Crippen LogP contribution in [-0.4, -0.2) is 52.5 Å². The molecule has 2 aliphatic heterocycles.